The fraction of sp³-hybridized carbons (Fsp3) is 0.278. The maximum Gasteiger partial charge on any atom is 0.253 e. The molecule has 0 spiro atoms. The Balaban J connectivity index is 1.73. The first-order valence-electron chi connectivity index (χ1n) is 7.43. The summed E-state index contributed by atoms with van der Waals surface area (Å²) in [6, 6.07) is 15.8. The van der Waals surface area contributed by atoms with Crippen molar-refractivity contribution in [2.75, 3.05) is 0 Å². The van der Waals surface area contributed by atoms with E-state index in [2.05, 4.69) is 33.4 Å². The molecule has 2 nitrogen and oxygen atoms in total. The molecular formula is C18H17BrClNO. The molecule has 1 aliphatic carbocycles. The van der Waals surface area contributed by atoms with E-state index >= 15 is 0 Å². The van der Waals surface area contributed by atoms with Gasteiger partial charge < -0.3 is 5.32 Å². The Morgan fingerprint density at radius 3 is 2.64 bits per heavy atom. The number of hydrogen-bond acceptors (Lipinski definition) is 1. The van der Waals surface area contributed by atoms with Gasteiger partial charge >= 0.3 is 0 Å². The van der Waals surface area contributed by atoms with E-state index in [4.69, 9.17) is 11.6 Å². The van der Waals surface area contributed by atoms with Crippen LogP contribution in [0.5, 0.6) is 0 Å². The van der Waals surface area contributed by atoms with Gasteiger partial charge in [-0.05, 0) is 48.9 Å². The lowest BCUT2D eigenvalue weighted by molar-refractivity contribution is 0.0932. The van der Waals surface area contributed by atoms with Crippen LogP contribution in [-0.4, -0.2) is 11.9 Å². The zero-order valence-corrected chi connectivity index (χ0v) is 14.4. The van der Waals surface area contributed by atoms with Crippen molar-refractivity contribution < 1.29 is 4.79 Å². The first kappa shape index (κ1) is 15.6. The number of hydrogen-bond donors (Lipinski definition) is 1. The average molecular weight is 379 g/mol. The second-order valence-corrected chi connectivity index (χ2v) is 7.05. The van der Waals surface area contributed by atoms with Gasteiger partial charge in [-0.1, -0.05) is 57.9 Å². The minimum absolute atomic E-state index is 0.0980. The van der Waals surface area contributed by atoms with Crippen molar-refractivity contribution in [3.05, 3.63) is 69.2 Å². The Labute approximate surface area is 144 Å². The minimum atomic E-state index is -0.0980. The highest BCUT2D eigenvalue weighted by atomic mass is 79.9. The standard InChI is InChI=1S/C18H17BrClNO/c19-14-8-9-16(20)15(11-14)18(22)21-17(13-6-7-13)10-12-4-2-1-3-5-12/h1-5,8-9,11,13,17H,6-7,10H2,(H,21,22). The van der Waals surface area contributed by atoms with Gasteiger partial charge in [0.2, 0.25) is 0 Å². The summed E-state index contributed by atoms with van der Waals surface area (Å²) < 4.78 is 0.855. The smallest absolute Gasteiger partial charge is 0.253 e. The molecule has 2 aromatic carbocycles. The van der Waals surface area contributed by atoms with Crippen LogP contribution in [0.15, 0.2) is 53.0 Å². The summed E-state index contributed by atoms with van der Waals surface area (Å²) in [5.41, 5.74) is 1.77. The topological polar surface area (TPSA) is 29.1 Å². The Morgan fingerprint density at radius 2 is 1.95 bits per heavy atom. The molecule has 22 heavy (non-hydrogen) atoms. The first-order valence-corrected chi connectivity index (χ1v) is 8.60. The third-order valence-corrected chi connectivity index (χ3v) is 4.80. The highest BCUT2D eigenvalue weighted by Crippen LogP contribution is 2.34. The van der Waals surface area contributed by atoms with Gasteiger partial charge in [0.1, 0.15) is 0 Å². The highest BCUT2D eigenvalue weighted by Gasteiger charge is 2.32. The van der Waals surface area contributed by atoms with Crippen LogP contribution in [0.25, 0.3) is 0 Å². The van der Waals surface area contributed by atoms with E-state index in [0.717, 1.165) is 10.9 Å². The Morgan fingerprint density at radius 1 is 1.23 bits per heavy atom. The number of carbonyl (C=O) groups is 1. The quantitative estimate of drug-likeness (QED) is 0.791. The number of nitrogens with one attached hydrogen (secondary N) is 1. The van der Waals surface area contributed by atoms with Crippen LogP contribution >= 0.6 is 27.5 Å². The number of benzene rings is 2. The van der Waals surface area contributed by atoms with Crippen molar-refractivity contribution >= 4 is 33.4 Å². The van der Waals surface area contributed by atoms with E-state index in [0.29, 0.717) is 16.5 Å². The predicted molar refractivity (Wildman–Crippen MR) is 93.3 cm³/mol. The highest BCUT2D eigenvalue weighted by molar-refractivity contribution is 9.10. The largest absolute Gasteiger partial charge is 0.349 e. The van der Waals surface area contributed by atoms with Gasteiger partial charge in [0.15, 0.2) is 0 Å². The number of halogens is 2. The Bertz CT molecular complexity index is 670. The number of carbonyl (C=O) groups excluding carboxylic acids is 1. The van der Waals surface area contributed by atoms with Crippen LogP contribution in [0.4, 0.5) is 0 Å². The lowest BCUT2D eigenvalue weighted by Gasteiger charge is -2.19. The van der Waals surface area contributed by atoms with Crippen LogP contribution in [-0.2, 0) is 6.42 Å². The fourth-order valence-electron chi connectivity index (χ4n) is 2.62. The van der Waals surface area contributed by atoms with Crippen LogP contribution in [0.2, 0.25) is 5.02 Å². The van der Waals surface area contributed by atoms with Crippen LogP contribution < -0.4 is 5.32 Å². The number of amides is 1. The van der Waals surface area contributed by atoms with Crippen LogP contribution in [0, 0.1) is 5.92 Å². The summed E-state index contributed by atoms with van der Waals surface area (Å²) in [6.07, 6.45) is 3.23. The normalized spacial score (nSPS) is 15.4. The molecule has 1 aliphatic rings. The van der Waals surface area contributed by atoms with Crippen molar-refractivity contribution in [2.45, 2.75) is 25.3 Å². The van der Waals surface area contributed by atoms with E-state index in [9.17, 15) is 4.79 Å². The molecule has 1 amide bonds. The van der Waals surface area contributed by atoms with Crippen molar-refractivity contribution in [3.8, 4) is 0 Å². The molecule has 0 saturated heterocycles. The average Bonchev–Trinajstić information content (AvgIpc) is 3.35. The van der Waals surface area contributed by atoms with E-state index in [1.54, 1.807) is 12.1 Å². The SMILES string of the molecule is O=C(NC(Cc1ccccc1)C1CC1)c1cc(Br)ccc1Cl. The molecule has 1 fully saturated rings. The molecule has 1 atom stereocenters. The van der Waals surface area contributed by atoms with Gasteiger partial charge in [-0.3, -0.25) is 4.79 Å². The molecular weight excluding hydrogens is 362 g/mol. The lowest BCUT2D eigenvalue weighted by Crippen LogP contribution is -2.38. The molecule has 0 heterocycles. The molecule has 3 rings (SSSR count). The summed E-state index contributed by atoms with van der Waals surface area (Å²) in [5, 5.41) is 3.65. The zero-order chi connectivity index (χ0) is 15.5. The zero-order valence-electron chi connectivity index (χ0n) is 12.1. The summed E-state index contributed by atoms with van der Waals surface area (Å²) in [7, 11) is 0. The minimum Gasteiger partial charge on any atom is -0.349 e. The van der Waals surface area contributed by atoms with Gasteiger partial charge in [-0.15, -0.1) is 0 Å². The summed E-state index contributed by atoms with van der Waals surface area (Å²) >= 11 is 9.54. The molecule has 1 unspecified atom stereocenters. The van der Waals surface area contributed by atoms with Crippen molar-refractivity contribution in [2.24, 2.45) is 5.92 Å². The monoisotopic (exact) mass is 377 g/mol. The lowest BCUT2D eigenvalue weighted by atomic mass is 10.0. The summed E-state index contributed by atoms with van der Waals surface area (Å²) in [6.45, 7) is 0. The fourth-order valence-corrected chi connectivity index (χ4v) is 3.18. The molecule has 1 saturated carbocycles. The first-order chi connectivity index (χ1) is 10.6. The van der Waals surface area contributed by atoms with Gasteiger partial charge in [0.05, 0.1) is 10.6 Å². The van der Waals surface area contributed by atoms with Crippen molar-refractivity contribution in [3.63, 3.8) is 0 Å². The predicted octanol–water partition coefficient (Wildman–Crippen LogP) is 4.85. The molecule has 0 aliphatic heterocycles. The van der Waals surface area contributed by atoms with E-state index < -0.39 is 0 Å². The van der Waals surface area contributed by atoms with Crippen LogP contribution in [0.1, 0.15) is 28.8 Å². The second kappa shape index (κ2) is 6.84. The third-order valence-electron chi connectivity index (χ3n) is 3.98. The molecule has 1 N–H and O–H groups in total. The van der Waals surface area contributed by atoms with Gasteiger partial charge in [0.25, 0.3) is 5.91 Å². The maximum absolute atomic E-state index is 12.5. The molecule has 0 radical (unpaired) electrons. The molecule has 0 bridgehead atoms. The molecule has 4 heteroatoms. The molecule has 2 aromatic rings. The summed E-state index contributed by atoms with van der Waals surface area (Å²) in [5.74, 6) is 0.481. The van der Waals surface area contributed by atoms with E-state index in [1.165, 1.54) is 18.4 Å². The molecule has 0 aromatic heterocycles. The number of rotatable bonds is 5. The Kier molecular flexibility index (Phi) is 4.84. The second-order valence-electron chi connectivity index (χ2n) is 5.73. The van der Waals surface area contributed by atoms with Crippen LogP contribution in [0.3, 0.4) is 0 Å². The van der Waals surface area contributed by atoms with Crippen molar-refractivity contribution in [1.29, 1.82) is 0 Å². The van der Waals surface area contributed by atoms with Gasteiger partial charge in [-0.2, -0.15) is 0 Å². The van der Waals surface area contributed by atoms with E-state index in [-0.39, 0.29) is 11.9 Å². The van der Waals surface area contributed by atoms with E-state index in [1.807, 2.05) is 24.3 Å². The van der Waals surface area contributed by atoms with Gasteiger partial charge in [0, 0.05) is 10.5 Å². The molecule has 114 valence electrons. The van der Waals surface area contributed by atoms with Gasteiger partial charge in [-0.25, -0.2) is 0 Å². The summed E-state index contributed by atoms with van der Waals surface area (Å²) in [4.78, 5) is 12.5. The Hall–Kier alpha value is -1.32. The van der Waals surface area contributed by atoms with Crippen molar-refractivity contribution in [1.82, 2.24) is 5.32 Å². The third kappa shape index (κ3) is 3.90. The maximum atomic E-state index is 12.5.